The maximum atomic E-state index is 12.2. The van der Waals surface area contributed by atoms with Crippen LogP contribution in [0.1, 0.15) is 30.1 Å². The average Bonchev–Trinajstić information content (AvgIpc) is 3.04. The molecule has 22 heavy (non-hydrogen) atoms. The summed E-state index contributed by atoms with van der Waals surface area (Å²) in [4.78, 5) is 26.9. The first-order chi connectivity index (χ1) is 10.4. The van der Waals surface area contributed by atoms with Crippen molar-refractivity contribution in [3.05, 3.63) is 34.8 Å². The standard InChI is InChI=1S/C14H16ClN3O4/c1-7(2)12(13(19)17-11-4-8(3)22-18-11)21-14(20)10-5-9(15)6-16-10/h4-7,12,16H,1-3H3,(H,17,18,19)/t12-/m0/s1. The van der Waals surface area contributed by atoms with Crippen molar-refractivity contribution in [2.45, 2.75) is 26.9 Å². The summed E-state index contributed by atoms with van der Waals surface area (Å²) in [6, 6.07) is 3.00. The number of nitrogens with zero attached hydrogens (tertiary/aromatic N) is 1. The molecule has 1 atom stereocenters. The van der Waals surface area contributed by atoms with Gasteiger partial charge >= 0.3 is 5.97 Å². The summed E-state index contributed by atoms with van der Waals surface area (Å²) in [7, 11) is 0. The summed E-state index contributed by atoms with van der Waals surface area (Å²) in [5, 5.41) is 6.60. The second kappa shape index (κ2) is 6.65. The van der Waals surface area contributed by atoms with E-state index in [2.05, 4.69) is 15.5 Å². The minimum Gasteiger partial charge on any atom is -0.447 e. The topological polar surface area (TPSA) is 97.2 Å². The highest BCUT2D eigenvalue weighted by Crippen LogP contribution is 2.16. The molecule has 0 saturated heterocycles. The van der Waals surface area contributed by atoms with Crippen molar-refractivity contribution in [3.8, 4) is 0 Å². The Bertz CT molecular complexity index is 677. The van der Waals surface area contributed by atoms with Gasteiger partial charge in [0.25, 0.3) is 5.91 Å². The van der Waals surface area contributed by atoms with Gasteiger partial charge in [0, 0.05) is 12.3 Å². The number of rotatable bonds is 5. The number of aromatic nitrogens is 2. The molecule has 0 fully saturated rings. The molecule has 2 aromatic heterocycles. The van der Waals surface area contributed by atoms with E-state index in [4.69, 9.17) is 20.9 Å². The highest BCUT2D eigenvalue weighted by atomic mass is 35.5. The van der Waals surface area contributed by atoms with Gasteiger partial charge in [0.2, 0.25) is 0 Å². The average molecular weight is 326 g/mol. The lowest BCUT2D eigenvalue weighted by Gasteiger charge is -2.19. The van der Waals surface area contributed by atoms with Crippen LogP contribution < -0.4 is 5.32 Å². The van der Waals surface area contributed by atoms with Gasteiger partial charge in [-0.1, -0.05) is 30.6 Å². The van der Waals surface area contributed by atoms with Gasteiger partial charge in [0.1, 0.15) is 11.5 Å². The van der Waals surface area contributed by atoms with E-state index in [1.54, 1.807) is 26.8 Å². The van der Waals surface area contributed by atoms with E-state index in [-0.39, 0.29) is 17.4 Å². The predicted molar refractivity (Wildman–Crippen MR) is 79.7 cm³/mol. The number of hydrogen-bond acceptors (Lipinski definition) is 5. The number of nitrogens with one attached hydrogen (secondary N) is 2. The number of ether oxygens (including phenoxy) is 1. The Kier molecular flexibility index (Phi) is 4.87. The summed E-state index contributed by atoms with van der Waals surface area (Å²) < 4.78 is 10.1. The van der Waals surface area contributed by atoms with E-state index in [1.165, 1.54) is 12.3 Å². The first kappa shape index (κ1) is 16.1. The molecule has 0 bridgehead atoms. The zero-order valence-corrected chi connectivity index (χ0v) is 13.1. The monoisotopic (exact) mass is 325 g/mol. The molecule has 0 aliphatic heterocycles. The smallest absolute Gasteiger partial charge is 0.355 e. The van der Waals surface area contributed by atoms with Crippen LogP contribution in [0.2, 0.25) is 5.02 Å². The maximum Gasteiger partial charge on any atom is 0.355 e. The zero-order chi connectivity index (χ0) is 16.3. The van der Waals surface area contributed by atoms with Gasteiger partial charge in [0.05, 0.1) is 5.02 Å². The van der Waals surface area contributed by atoms with Gasteiger partial charge in [-0.05, 0) is 18.9 Å². The van der Waals surface area contributed by atoms with Gasteiger partial charge in [-0.25, -0.2) is 4.79 Å². The number of H-pyrrole nitrogens is 1. The molecule has 0 aliphatic rings. The van der Waals surface area contributed by atoms with Crippen LogP contribution in [-0.4, -0.2) is 28.1 Å². The van der Waals surface area contributed by atoms with Gasteiger partial charge < -0.3 is 19.6 Å². The van der Waals surface area contributed by atoms with Crippen LogP contribution in [0.15, 0.2) is 22.9 Å². The normalized spacial score (nSPS) is 12.2. The van der Waals surface area contributed by atoms with E-state index in [1.807, 2.05) is 0 Å². The van der Waals surface area contributed by atoms with Crippen LogP contribution in [0.25, 0.3) is 0 Å². The van der Waals surface area contributed by atoms with Crippen molar-refractivity contribution in [3.63, 3.8) is 0 Å². The van der Waals surface area contributed by atoms with E-state index in [0.717, 1.165) is 0 Å². The molecule has 0 unspecified atom stereocenters. The van der Waals surface area contributed by atoms with Crippen LogP contribution >= 0.6 is 11.6 Å². The Morgan fingerprint density at radius 3 is 2.64 bits per heavy atom. The Morgan fingerprint density at radius 2 is 2.14 bits per heavy atom. The summed E-state index contributed by atoms with van der Waals surface area (Å²) >= 11 is 5.74. The molecular weight excluding hydrogens is 310 g/mol. The number of amides is 1. The third-order valence-corrected chi connectivity index (χ3v) is 3.06. The molecule has 2 rings (SSSR count). The molecule has 118 valence electrons. The summed E-state index contributed by atoms with van der Waals surface area (Å²) in [6.07, 6.45) is 0.493. The van der Waals surface area contributed by atoms with Crippen molar-refractivity contribution in [2.75, 3.05) is 5.32 Å². The zero-order valence-electron chi connectivity index (χ0n) is 12.3. The summed E-state index contributed by atoms with van der Waals surface area (Å²) in [6.45, 7) is 5.25. The van der Waals surface area contributed by atoms with Crippen LogP contribution in [-0.2, 0) is 9.53 Å². The minimum absolute atomic E-state index is 0.181. The molecule has 8 heteroatoms. The molecule has 0 spiro atoms. The predicted octanol–water partition coefficient (Wildman–Crippen LogP) is 2.78. The Balaban J connectivity index is 2.05. The lowest BCUT2D eigenvalue weighted by atomic mass is 10.1. The second-order valence-corrected chi connectivity index (χ2v) is 5.55. The molecule has 2 N–H and O–H groups in total. The van der Waals surface area contributed by atoms with Crippen LogP contribution in [0, 0.1) is 12.8 Å². The van der Waals surface area contributed by atoms with E-state index < -0.39 is 18.0 Å². The lowest BCUT2D eigenvalue weighted by Crippen LogP contribution is -2.36. The van der Waals surface area contributed by atoms with Gasteiger partial charge in [-0.2, -0.15) is 0 Å². The summed E-state index contributed by atoms with van der Waals surface area (Å²) in [5.74, 6) is -0.518. The number of carbonyl (C=O) groups excluding carboxylic acids is 2. The van der Waals surface area contributed by atoms with E-state index in [9.17, 15) is 9.59 Å². The van der Waals surface area contributed by atoms with Crippen molar-refractivity contribution in [1.82, 2.24) is 10.1 Å². The molecule has 0 aliphatic carbocycles. The van der Waals surface area contributed by atoms with E-state index >= 15 is 0 Å². The quantitative estimate of drug-likeness (QED) is 0.824. The fraction of sp³-hybridized carbons (Fsp3) is 0.357. The van der Waals surface area contributed by atoms with Crippen molar-refractivity contribution in [2.24, 2.45) is 5.92 Å². The fourth-order valence-electron chi connectivity index (χ4n) is 1.78. The highest BCUT2D eigenvalue weighted by molar-refractivity contribution is 6.30. The Labute approximate surface area is 132 Å². The number of carbonyl (C=O) groups is 2. The minimum atomic E-state index is -0.966. The van der Waals surface area contributed by atoms with Gasteiger partial charge in [0.15, 0.2) is 11.9 Å². The molecule has 2 aromatic rings. The number of aromatic amines is 1. The molecule has 0 aromatic carbocycles. The number of halogens is 1. The number of esters is 1. The molecule has 7 nitrogen and oxygen atoms in total. The van der Waals surface area contributed by atoms with Gasteiger partial charge in [-0.15, -0.1) is 0 Å². The largest absolute Gasteiger partial charge is 0.447 e. The van der Waals surface area contributed by atoms with Gasteiger partial charge in [-0.3, -0.25) is 4.79 Å². The first-order valence-corrected chi connectivity index (χ1v) is 7.03. The van der Waals surface area contributed by atoms with Crippen LogP contribution in [0.3, 0.4) is 0 Å². The second-order valence-electron chi connectivity index (χ2n) is 5.11. The van der Waals surface area contributed by atoms with Crippen molar-refractivity contribution < 1.29 is 18.8 Å². The summed E-state index contributed by atoms with van der Waals surface area (Å²) in [5.41, 5.74) is 0.181. The SMILES string of the molecule is Cc1cc(NC(=O)[C@@H](OC(=O)c2cc(Cl)c[nH]2)C(C)C)no1. The third kappa shape index (κ3) is 3.88. The number of anilines is 1. The highest BCUT2D eigenvalue weighted by Gasteiger charge is 2.28. The van der Waals surface area contributed by atoms with Crippen LogP contribution in [0.5, 0.6) is 0 Å². The van der Waals surface area contributed by atoms with Crippen LogP contribution in [0.4, 0.5) is 5.82 Å². The molecule has 2 heterocycles. The Hall–Kier alpha value is -2.28. The number of aryl methyl sites for hydroxylation is 1. The van der Waals surface area contributed by atoms with Crippen molar-refractivity contribution >= 4 is 29.3 Å². The van der Waals surface area contributed by atoms with Crippen molar-refractivity contribution in [1.29, 1.82) is 0 Å². The number of hydrogen-bond donors (Lipinski definition) is 2. The van der Waals surface area contributed by atoms with E-state index in [0.29, 0.717) is 10.8 Å². The molecular formula is C14H16ClN3O4. The first-order valence-electron chi connectivity index (χ1n) is 6.66. The Morgan fingerprint density at radius 1 is 1.41 bits per heavy atom. The lowest BCUT2D eigenvalue weighted by molar-refractivity contribution is -0.126. The molecule has 0 saturated carbocycles. The molecule has 1 amide bonds. The fourth-order valence-corrected chi connectivity index (χ4v) is 1.94. The maximum absolute atomic E-state index is 12.2. The molecule has 0 radical (unpaired) electrons. The third-order valence-electron chi connectivity index (χ3n) is 2.84.